The van der Waals surface area contributed by atoms with Crippen molar-refractivity contribution in [2.45, 2.75) is 6.92 Å². The normalized spacial score (nSPS) is 10.1. The Hall–Kier alpha value is -2.17. The molecule has 0 aliphatic carbocycles. The Morgan fingerprint density at radius 3 is 2.38 bits per heavy atom. The Balaban J connectivity index is 2.52. The molecule has 2 amide bonds. The van der Waals surface area contributed by atoms with Crippen molar-refractivity contribution in [1.82, 2.24) is 10.7 Å². The molecular weight excluding hydrogens is 206 g/mol. The molecule has 1 rings (SSSR count). The van der Waals surface area contributed by atoms with Crippen LogP contribution in [0.15, 0.2) is 29.4 Å². The molecular formula is C11H13N3O2. The van der Waals surface area contributed by atoms with Crippen molar-refractivity contribution in [2.24, 2.45) is 5.10 Å². The van der Waals surface area contributed by atoms with Crippen molar-refractivity contribution in [3.05, 3.63) is 35.4 Å². The minimum Gasteiger partial charge on any atom is -0.351 e. The predicted molar refractivity (Wildman–Crippen MR) is 61.0 cm³/mol. The van der Waals surface area contributed by atoms with Crippen molar-refractivity contribution >= 4 is 18.0 Å². The fraction of sp³-hybridized carbons (Fsp3) is 0.182. The molecule has 5 nitrogen and oxygen atoms in total. The third-order valence-corrected chi connectivity index (χ3v) is 1.89. The van der Waals surface area contributed by atoms with Gasteiger partial charge in [-0.25, -0.2) is 5.43 Å². The molecule has 5 heteroatoms. The van der Waals surface area contributed by atoms with Gasteiger partial charge in [-0.15, -0.1) is 0 Å². The largest absolute Gasteiger partial charge is 0.351 e. The van der Waals surface area contributed by atoms with Gasteiger partial charge in [-0.1, -0.05) is 29.8 Å². The van der Waals surface area contributed by atoms with E-state index in [1.54, 1.807) is 0 Å². The number of nitrogens with one attached hydrogen (secondary N) is 2. The molecule has 84 valence electrons. The summed E-state index contributed by atoms with van der Waals surface area (Å²) in [5.74, 6) is -1.51. The van der Waals surface area contributed by atoms with Crippen LogP contribution in [-0.4, -0.2) is 25.1 Å². The highest BCUT2D eigenvalue weighted by Crippen LogP contribution is 1.99. The summed E-state index contributed by atoms with van der Waals surface area (Å²) in [6.07, 6.45) is 1.47. The minimum atomic E-state index is -0.786. The van der Waals surface area contributed by atoms with Gasteiger partial charge in [-0.3, -0.25) is 9.59 Å². The van der Waals surface area contributed by atoms with E-state index in [2.05, 4.69) is 15.8 Å². The van der Waals surface area contributed by atoms with Crippen LogP contribution >= 0.6 is 0 Å². The predicted octanol–water partition coefficient (Wildman–Crippen LogP) is 0.191. The second kappa shape index (κ2) is 5.65. The van der Waals surface area contributed by atoms with E-state index >= 15 is 0 Å². The molecule has 16 heavy (non-hydrogen) atoms. The molecule has 0 spiro atoms. The number of benzene rings is 1. The van der Waals surface area contributed by atoms with E-state index in [-0.39, 0.29) is 0 Å². The number of hydrazone groups is 1. The van der Waals surface area contributed by atoms with Gasteiger partial charge >= 0.3 is 11.8 Å². The second-order valence-corrected chi connectivity index (χ2v) is 3.19. The summed E-state index contributed by atoms with van der Waals surface area (Å²) < 4.78 is 0. The van der Waals surface area contributed by atoms with Gasteiger partial charge in [0.05, 0.1) is 6.21 Å². The van der Waals surface area contributed by atoms with Gasteiger partial charge in [0.25, 0.3) is 0 Å². The first-order valence-corrected chi connectivity index (χ1v) is 4.75. The first-order chi connectivity index (χ1) is 7.63. The smallest absolute Gasteiger partial charge is 0.329 e. The third kappa shape index (κ3) is 3.53. The van der Waals surface area contributed by atoms with Crippen LogP contribution in [0.4, 0.5) is 0 Å². The van der Waals surface area contributed by atoms with E-state index in [1.165, 1.54) is 13.3 Å². The summed E-state index contributed by atoms with van der Waals surface area (Å²) in [6.45, 7) is 1.98. The third-order valence-electron chi connectivity index (χ3n) is 1.89. The van der Waals surface area contributed by atoms with Crippen LogP contribution in [0.2, 0.25) is 0 Å². The Bertz CT molecular complexity index is 410. The van der Waals surface area contributed by atoms with E-state index in [0.717, 1.165) is 11.1 Å². The van der Waals surface area contributed by atoms with Gasteiger partial charge < -0.3 is 5.32 Å². The second-order valence-electron chi connectivity index (χ2n) is 3.19. The lowest BCUT2D eigenvalue weighted by Gasteiger charge is -1.97. The number of rotatable bonds is 2. The quantitative estimate of drug-likeness (QED) is 0.423. The number of carbonyl (C=O) groups excluding carboxylic acids is 2. The van der Waals surface area contributed by atoms with Gasteiger partial charge in [-0.2, -0.15) is 5.10 Å². The summed E-state index contributed by atoms with van der Waals surface area (Å²) in [7, 11) is 1.38. The Morgan fingerprint density at radius 2 is 1.81 bits per heavy atom. The van der Waals surface area contributed by atoms with Crippen molar-refractivity contribution in [1.29, 1.82) is 0 Å². The summed E-state index contributed by atoms with van der Waals surface area (Å²) in [5.41, 5.74) is 4.11. The molecule has 0 saturated carbocycles. The van der Waals surface area contributed by atoms with Crippen LogP contribution in [-0.2, 0) is 9.59 Å². The highest BCUT2D eigenvalue weighted by Gasteiger charge is 2.08. The van der Waals surface area contributed by atoms with Gasteiger partial charge in [-0.05, 0) is 12.5 Å². The summed E-state index contributed by atoms with van der Waals surface area (Å²) in [4.78, 5) is 21.8. The first kappa shape index (κ1) is 11.9. The van der Waals surface area contributed by atoms with Gasteiger partial charge in [0.1, 0.15) is 0 Å². The van der Waals surface area contributed by atoms with Crippen LogP contribution in [0.25, 0.3) is 0 Å². The zero-order chi connectivity index (χ0) is 12.0. The number of hydrogen-bond donors (Lipinski definition) is 2. The highest BCUT2D eigenvalue weighted by molar-refractivity contribution is 6.34. The van der Waals surface area contributed by atoms with Crippen molar-refractivity contribution < 1.29 is 9.59 Å². The van der Waals surface area contributed by atoms with Crippen LogP contribution in [0.3, 0.4) is 0 Å². The van der Waals surface area contributed by atoms with Crippen molar-refractivity contribution in [2.75, 3.05) is 7.05 Å². The number of nitrogens with zero attached hydrogens (tertiary/aromatic N) is 1. The fourth-order valence-electron chi connectivity index (χ4n) is 0.982. The molecule has 0 aliphatic rings. The first-order valence-electron chi connectivity index (χ1n) is 4.75. The van der Waals surface area contributed by atoms with E-state index in [9.17, 15) is 9.59 Å². The highest BCUT2D eigenvalue weighted by atomic mass is 16.2. The van der Waals surface area contributed by atoms with Crippen molar-refractivity contribution in [3.63, 3.8) is 0 Å². The SMILES string of the molecule is CNC(=O)C(=O)N/N=C\c1ccc(C)cc1. The molecule has 0 aromatic heterocycles. The Kier molecular flexibility index (Phi) is 4.20. The Morgan fingerprint density at radius 1 is 1.19 bits per heavy atom. The summed E-state index contributed by atoms with van der Waals surface area (Å²) in [6, 6.07) is 7.60. The molecule has 0 heterocycles. The molecule has 0 unspecified atom stereocenters. The molecule has 0 saturated heterocycles. The van der Waals surface area contributed by atoms with Gasteiger partial charge in [0, 0.05) is 7.05 Å². The standard InChI is InChI=1S/C11H13N3O2/c1-8-3-5-9(6-4-8)7-13-14-11(16)10(15)12-2/h3-7H,1-2H3,(H,12,15)(H,14,16)/b13-7-. The maximum Gasteiger partial charge on any atom is 0.329 e. The maximum absolute atomic E-state index is 11.0. The molecule has 0 bridgehead atoms. The summed E-state index contributed by atoms with van der Waals surface area (Å²) >= 11 is 0. The van der Waals surface area contributed by atoms with E-state index in [0.29, 0.717) is 0 Å². The number of aryl methyl sites for hydroxylation is 1. The average Bonchev–Trinajstić information content (AvgIpc) is 2.30. The number of amides is 2. The van der Waals surface area contributed by atoms with Crippen LogP contribution < -0.4 is 10.7 Å². The number of hydrogen-bond acceptors (Lipinski definition) is 3. The molecule has 1 aromatic carbocycles. The van der Waals surface area contributed by atoms with Gasteiger partial charge in [0.15, 0.2) is 0 Å². The molecule has 0 atom stereocenters. The van der Waals surface area contributed by atoms with Crippen molar-refractivity contribution in [3.8, 4) is 0 Å². The topological polar surface area (TPSA) is 70.6 Å². The van der Waals surface area contributed by atoms with E-state index < -0.39 is 11.8 Å². The average molecular weight is 219 g/mol. The fourth-order valence-corrected chi connectivity index (χ4v) is 0.982. The van der Waals surface area contributed by atoms with Crippen LogP contribution in [0.5, 0.6) is 0 Å². The molecule has 1 aromatic rings. The lowest BCUT2D eigenvalue weighted by molar-refractivity contribution is -0.138. The molecule has 0 fully saturated rings. The monoisotopic (exact) mass is 219 g/mol. The van der Waals surface area contributed by atoms with E-state index in [1.807, 2.05) is 31.2 Å². The van der Waals surface area contributed by atoms with E-state index in [4.69, 9.17) is 0 Å². The van der Waals surface area contributed by atoms with Crippen LogP contribution in [0.1, 0.15) is 11.1 Å². The zero-order valence-corrected chi connectivity index (χ0v) is 9.15. The van der Waals surface area contributed by atoms with Gasteiger partial charge in [0.2, 0.25) is 0 Å². The lowest BCUT2D eigenvalue weighted by Crippen LogP contribution is -2.35. The number of carbonyl (C=O) groups is 2. The molecule has 0 radical (unpaired) electrons. The molecule has 0 aliphatic heterocycles. The Labute approximate surface area is 93.5 Å². The van der Waals surface area contributed by atoms with Crippen LogP contribution in [0, 0.1) is 6.92 Å². The molecule has 2 N–H and O–H groups in total. The maximum atomic E-state index is 11.0. The zero-order valence-electron chi connectivity index (χ0n) is 9.15. The lowest BCUT2D eigenvalue weighted by atomic mass is 10.2. The minimum absolute atomic E-state index is 0.721. The summed E-state index contributed by atoms with van der Waals surface area (Å²) in [5, 5.41) is 5.85. The number of likely N-dealkylation sites (N-methyl/N-ethyl adjacent to an activating group) is 1.